The fraction of sp³-hybridized carbons (Fsp3) is 0.556. The second-order valence-corrected chi connectivity index (χ2v) is 5.79. The van der Waals surface area contributed by atoms with Crippen LogP contribution in [0.3, 0.4) is 0 Å². The average Bonchev–Trinajstić information content (AvgIpc) is 2.51. The van der Waals surface area contributed by atoms with Crippen molar-refractivity contribution in [3.63, 3.8) is 0 Å². The summed E-state index contributed by atoms with van der Waals surface area (Å²) in [6.07, 6.45) is 2.56. The maximum Gasteiger partial charge on any atom is 0.323 e. The second-order valence-electron chi connectivity index (χ2n) is 5.79. The molecule has 1 rings (SSSR count). The zero-order valence-electron chi connectivity index (χ0n) is 14.2. The highest BCUT2D eigenvalue weighted by molar-refractivity contribution is 5.81. The Morgan fingerprint density at radius 3 is 2.65 bits per heavy atom. The van der Waals surface area contributed by atoms with E-state index in [9.17, 15) is 9.59 Å². The van der Waals surface area contributed by atoms with Crippen LogP contribution in [0.15, 0.2) is 24.3 Å². The summed E-state index contributed by atoms with van der Waals surface area (Å²) in [6.45, 7) is 6.16. The third-order valence-electron chi connectivity index (χ3n) is 3.79. The Bertz CT molecular complexity index is 515. The molecule has 5 heteroatoms. The monoisotopic (exact) mass is 321 g/mol. The minimum Gasteiger partial charge on any atom is -0.494 e. The van der Waals surface area contributed by atoms with Gasteiger partial charge in [0.1, 0.15) is 12.3 Å². The summed E-state index contributed by atoms with van der Waals surface area (Å²) in [5.41, 5.74) is 1.15. The van der Waals surface area contributed by atoms with Crippen LogP contribution in [0.4, 0.5) is 0 Å². The zero-order chi connectivity index (χ0) is 17.2. The standard InChI is InChI=1S/C18H27NO4/c1-4-15(3)19(13-18(21)22)17(20)10-5-6-11-23-16-9-7-8-14(2)12-16/h7-9,12,15H,4-6,10-11,13H2,1-3H3,(H,21,22). The predicted octanol–water partition coefficient (Wildman–Crippen LogP) is 3.26. The van der Waals surface area contributed by atoms with Crippen molar-refractivity contribution in [2.75, 3.05) is 13.2 Å². The summed E-state index contributed by atoms with van der Waals surface area (Å²) >= 11 is 0. The number of hydrogen-bond acceptors (Lipinski definition) is 3. The van der Waals surface area contributed by atoms with Crippen molar-refractivity contribution in [3.8, 4) is 5.75 Å². The molecular formula is C18H27NO4. The van der Waals surface area contributed by atoms with E-state index in [0.717, 1.165) is 24.2 Å². The van der Waals surface area contributed by atoms with Gasteiger partial charge in [0.25, 0.3) is 0 Å². The number of rotatable bonds is 10. The van der Waals surface area contributed by atoms with Gasteiger partial charge in [0.05, 0.1) is 6.61 Å². The van der Waals surface area contributed by atoms with Crippen LogP contribution in [0.2, 0.25) is 0 Å². The van der Waals surface area contributed by atoms with E-state index in [0.29, 0.717) is 19.4 Å². The lowest BCUT2D eigenvalue weighted by atomic mass is 10.1. The molecule has 0 aromatic heterocycles. The molecule has 1 N–H and O–H groups in total. The maximum absolute atomic E-state index is 12.2. The number of nitrogens with zero attached hydrogens (tertiary/aromatic N) is 1. The summed E-state index contributed by atoms with van der Waals surface area (Å²) < 4.78 is 5.64. The topological polar surface area (TPSA) is 66.8 Å². The summed E-state index contributed by atoms with van der Waals surface area (Å²) in [7, 11) is 0. The van der Waals surface area contributed by atoms with E-state index < -0.39 is 5.97 Å². The first-order chi connectivity index (χ1) is 10.9. The number of carboxylic acids is 1. The van der Waals surface area contributed by atoms with Crippen LogP contribution >= 0.6 is 0 Å². The van der Waals surface area contributed by atoms with E-state index in [4.69, 9.17) is 9.84 Å². The molecule has 128 valence electrons. The van der Waals surface area contributed by atoms with Gasteiger partial charge in [-0.05, 0) is 50.8 Å². The van der Waals surface area contributed by atoms with Crippen molar-refractivity contribution < 1.29 is 19.4 Å². The number of aliphatic carboxylic acids is 1. The zero-order valence-corrected chi connectivity index (χ0v) is 14.2. The molecule has 1 atom stereocenters. The SMILES string of the molecule is CCC(C)N(CC(=O)O)C(=O)CCCCOc1cccc(C)c1. The summed E-state index contributed by atoms with van der Waals surface area (Å²) in [4.78, 5) is 24.5. The van der Waals surface area contributed by atoms with Crippen LogP contribution in [0.1, 0.15) is 45.1 Å². The molecule has 1 aromatic carbocycles. The molecule has 0 spiro atoms. The average molecular weight is 321 g/mol. The molecule has 0 heterocycles. The van der Waals surface area contributed by atoms with E-state index in [-0.39, 0.29) is 18.5 Å². The third kappa shape index (κ3) is 7.17. The molecule has 0 fully saturated rings. The molecule has 5 nitrogen and oxygen atoms in total. The lowest BCUT2D eigenvalue weighted by molar-refractivity contribution is -0.146. The second kappa shape index (κ2) is 9.87. The van der Waals surface area contributed by atoms with Crippen molar-refractivity contribution >= 4 is 11.9 Å². The molecule has 1 aromatic rings. The number of carbonyl (C=O) groups excluding carboxylic acids is 1. The molecule has 0 aliphatic heterocycles. The smallest absolute Gasteiger partial charge is 0.323 e. The fourth-order valence-corrected chi connectivity index (χ4v) is 2.27. The summed E-state index contributed by atoms with van der Waals surface area (Å²) in [5, 5.41) is 8.92. The number of ether oxygens (including phenoxy) is 1. The van der Waals surface area contributed by atoms with Crippen molar-refractivity contribution in [3.05, 3.63) is 29.8 Å². The van der Waals surface area contributed by atoms with Gasteiger partial charge in [0.15, 0.2) is 0 Å². The minimum atomic E-state index is -0.971. The predicted molar refractivity (Wildman–Crippen MR) is 89.6 cm³/mol. The summed E-state index contributed by atoms with van der Waals surface area (Å²) in [6, 6.07) is 7.79. The number of aryl methyl sites for hydroxylation is 1. The Kier molecular flexibility index (Phi) is 8.16. The third-order valence-corrected chi connectivity index (χ3v) is 3.79. The normalized spacial score (nSPS) is 11.8. The Morgan fingerprint density at radius 1 is 1.30 bits per heavy atom. The van der Waals surface area contributed by atoms with Gasteiger partial charge in [-0.3, -0.25) is 9.59 Å². The van der Waals surface area contributed by atoms with Gasteiger partial charge in [-0.2, -0.15) is 0 Å². The van der Waals surface area contributed by atoms with Crippen LogP contribution in [0, 0.1) is 6.92 Å². The molecular weight excluding hydrogens is 294 g/mol. The molecule has 0 saturated heterocycles. The van der Waals surface area contributed by atoms with Gasteiger partial charge in [0.2, 0.25) is 5.91 Å². The summed E-state index contributed by atoms with van der Waals surface area (Å²) in [5.74, 6) is -0.234. The van der Waals surface area contributed by atoms with Crippen molar-refractivity contribution in [1.29, 1.82) is 0 Å². The first-order valence-corrected chi connectivity index (χ1v) is 8.14. The first kappa shape index (κ1) is 19.0. The van der Waals surface area contributed by atoms with Crippen LogP contribution < -0.4 is 4.74 Å². The number of hydrogen-bond donors (Lipinski definition) is 1. The van der Waals surface area contributed by atoms with Gasteiger partial charge < -0.3 is 14.7 Å². The molecule has 0 radical (unpaired) electrons. The maximum atomic E-state index is 12.2. The molecule has 0 saturated carbocycles. The minimum absolute atomic E-state index is 0.0536. The molecule has 1 amide bonds. The van der Waals surface area contributed by atoms with E-state index >= 15 is 0 Å². The molecule has 23 heavy (non-hydrogen) atoms. The largest absolute Gasteiger partial charge is 0.494 e. The van der Waals surface area contributed by atoms with Crippen molar-refractivity contribution in [2.45, 2.75) is 52.5 Å². The van der Waals surface area contributed by atoms with Gasteiger partial charge in [-0.15, -0.1) is 0 Å². The van der Waals surface area contributed by atoms with Gasteiger partial charge in [-0.25, -0.2) is 0 Å². The lowest BCUT2D eigenvalue weighted by Gasteiger charge is -2.27. The highest BCUT2D eigenvalue weighted by Gasteiger charge is 2.20. The van der Waals surface area contributed by atoms with E-state index in [1.165, 1.54) is 4.90 Å². The van der Waals surface area contributed by atoms with Gasteiger partial charge in [-0.1, -0.05) is 19.1 Å². The van der Waals surface area contributed by atoms with Crippen LogP contribution in [-0.4, -0.2) is 41.1 Å². The number of benzene rings is 1. The molecule has 0 bridgehead atoms. The van der Waals surface area contributed by atoms with Crippen LogP contribution in [-0.2, 0) is 9.59 Å². The van der Waals surface area contributed by atoms with E-state index in [2.05, 4.69) is 0 Å². The quantitative estimate of drug-likeness (QED) is 0.672. The first-order valence-electron chi connectivity index (χ1n) is 8.14. The highest BCUT2D eigenvalue weighted by Crippen LogP contribution is 2.13. The molecule has 0 aliphatic carbocycles. The Morgan fingerprint density at radius 2 is 2.04 bits per heavy atom. The Hall–Kier alpha value is -2.04. The van der Waals surface area contributed by atoms with Crippen LogP contribution in [0.25, 0.3) is 0 Å². The Labute approximate surface area is 138 Å². The number of amides is 1. The number of carboxylic acid groups (broad SMARTS) is 1. The lowest BCUT2D eigenvalue weighted by Crippen LogP contribution is -2.41. The van der Waals surface area contributed by atoms with E-state index in [1.807, 2.05) is 45.0 Å². The van der Waals surface area contributed by atoms with Gasteiger partial charge in [0, 0.05) is 12.5 Å². The van der Waals surface area contributed by atoms with Crippen LogP contribution in [0.5, 0.6) is 5.75 Å². The number of carbonyl (C=O) groups is 2. The van der Waals surface area contributed by atoms with Gasteiger partial charge >= 0.3 is 5.97 Å². The molecule has 1 unspecified atom stereocenters. The van der Waals surface area contributed by atoms with E-state index in [1.54, 1.807) is 0 Å². The molecule has 0 aliphatic rings. The Balaban J connectivity index is 2.32. The van der Waals surface area contributed by atoms with Crippen molar-refractivity contribution in [1.82, 2.24) is 4.90 Å². The fourth-order valence-electron chi connectivity index (χ4n) is 2.27. The van der Waals surface area contributed by atoms with Crippen molar-refractivity contribution in [2.24, 2.45) is 0 Å². The number of unbranched alkanes of at least 4 members (excludes halogenated alkanes) is 1. The highest BCUT2D eigenvalue weighted by atomic mass is 16.5.